The Balaban J connectivity index is 1.97. The second-order valence-electron chi connectivity index (χ2n) is 5.62. The molecule has 0 atom stereocenters. The zero-order valence-corrected chi connectivity index (χ0v) is 12.6. The second kappa shape index (κ2) is 5.21. The number of fused-ring (bicyclic) bond motifs is 1. The Hall–Kier alpha value is -2.35. The average molecular weight is 278 g/mol. The lowest BCUT2D eigenvalue weighted by Gasteiger charge is -2.10. The van der Waals surface area contributed by atoms with Gasteiger partial charge in [0.05, 0.1) is 5.56 Å². The van der Waals surface area contributed by atoms with E-state index in [-0.39, 0.29) is 5.78 Å². The first kappa shape index (κ1) is 13.6. The lowest BCUT2D eigenvalue weighted by molar-refractivity contribution is 0.0993. The minimum absolute atomic E-state index is 0.106. The molecule has 0 spiro atoms. The van der Waals surface area contributed by atoms with Gasteiger partial charge in [0.1, 0.15) is 11.8 Å². The van der Waals surface area contributed by atoms with Crippen molar-refractivity contribution in [1.82, 2.24) is 0 Å². The molecule has 2 heteroatoms. The SMILES string of the molecule is Cc1cc(C)c(CC(=O)c2coc3ccccc23)c(C)c1. The number of hydrogen-bond acceptors (Lipinski definition) is 2. The van der Waals surface area contributed by atoms with Gasteiger partial charge in [-0.25, -0.2) is 0 Å². The van der Waals surface area contributed by atoms with E-state index in [1.165, 1.54) is 16.7 Å². The Morgan fingerprint density at radius 3 is 2.43 bits per heavy atom. The maximum absolute atomic E-state index is 12.6. The van der Waals surface area contributed by atoms with Gasteiger partial charge in [0.25, 0.3) is 0 Å². The van der Waals surface area contributed by atoms with Gasteiger partial charge < -0.3 is 4.42 Å². The molecule has 0 bridgehead atoms. The van der Waals surface area contributed by atoms with Crippen molar-refractivity contribution < 1.29 is 9.21 Å². The predicted molar refractivity (Wildman–Crippen MR) is 84.9 cm³/mol. The van der Waals surface area contributed by atoms with Crippen molar-refractivity contribution in [2.24, 2.45) is 0 Å². The molecule has 3 rings (SSSR count). The van der Waals surface area contributed by atoms with E-state index in [2.05, 4.69) is 32.9 Å². The molecule has 0 N–H and O–H groups in total. The molecule has 0 aliphatic carbocycles. The summed E-state index contributed by atoms with van der Waals surface area (Å²) < 4.78 is 5.47. The van der Waals surface area contributed by atoms with Crippen LogP contribution in [0.15, 0.2) is 47.1 Å². The first-order valence-corrected chi connectivity index (χ1v) is 7.12. The van der Waals surface area contributed by atoms with Crippen LogP contribution < -0.4 is 0 Å². The minimum atomic E-state index is 0.106. The van der Waals surface area contributed by atoms with Crippen molar-refractivity contribution >= 4 is 16.8 Å². The molecule has 0 aliphatic rings. The van der Waals surface area contributed by atoms with Crippen molar-refractivity contribution in [3.05, 3.63) is 70.5 Å². The number of furan rings is 1. The number of Topliss-reactive ketones (excluding diaryl/α,β-unsaturated/α-hetero) is 1. The molecule has 0 radical (unpaired) electrons. The Morgan fingerprint density at radius 1 is 1.05 bits per heavy atom. The number of carbonyl (C=O) groups excluding carboxylic acids is 1. The third-order valence-electron chi connectivity index (χ3n) is 3.96. The monoisotopic (exact) mass is 278 g/mol. The van der Waals surface area contributed by atoms with Gasteiger partial charge >= 0.3 is 0 Å². The van der Waals surface area contributed by atoms with Crippen molar-refractivity contribution in [2.75, 3.05) is 0 Å². The summed E-state index contributed by atoms with van der Waals surface area (Å²) in [4.78, 5) is 12.6. The van der Waals surface area contributed by atoms with Crippen molar-refractivity contribution in [3.63, 3.8) is 0 Å². The summed E-state index contributed by atoms with van der Waals surface area (Å²) in [6, 6.07) is 11.9. The molecular weight excluding hydrogens is 260 g/mol. The van der Waals surface area contributed by atoms with Gasteiger partial charge in [-0.15, -0.1) is 0 Å². The number of ketones is 1. The largest absolute Gasteiger partial charge is 0.464 e. The van der Waals surface area contributed by atoms with Crippen LogP contribution in [0.5, 0.6) is 0 Å². The van der Waals surface area contributed by atoms with Crippen LogP contribution in [-0.4, -0.2) is 5.78 Å². The van der Waals surface area contributed by atoms with Gasteiger partial charge in [-0.1, -0.05) is 35.9 Å². The third kappa shape index (κ3) is 2.49. The predicted octanol–water partition coefficient (Wildman–Crippen LogP) is 4.78. The normalized spacial score (nSPS) is 11.0. The molecule has 2 nitrogen and oxygen atoms in total. The Kier molecular flexibility index (Phi) is 3.38. The molecule has 106 valence electrons. The summed E-state index contributed by atoms with van der Waals surface area (Å²) in [5.41, 5.74) is 6.14. The molecule has 0 unspecified atom stereocenters. The topological polar surface area (TPSA) is 30.2 Å². The molecule has 1 aromatic heterocycles. The van der Waals surface area contributed by atoms with E-state index in [1.54, 1.807) is 6.26 Å². The second-order valence-corrected chi connectivity index (χ2v) is 5.62. The molecule has 2 aromatic carbocycles. The molecule has 0 amide bonds. The van der Waals surface area contributed by atoms with Gasteiger partial charge in [0.2, 0.25) is 0 Å². The van der Waals surface area contributed by atoms with Crippen molar-refractivity contribution in [3.8, 4) is 0 Å². The zero-order chi connectivity index (χ0) is 15.0. The summed E-state index contributed by atoms with van der Waals surface area (Å²) >= 11 is 0. The molecule has 0 fully saturated rings. The molecule has 3 aromatic rings. The average Bonchev–Trinajstić information content (AvgIpc) is 2.86. The minimum Gasteiger partial charge on any atom is -0.464 e. The van der Waals surface area contributed by atoms with Crippen LogP contribution in [0.2, 0.25) is 0 Å². The van der Waals surface area contributed by atoms with Crippen LogP contribution in [0, 0.1) is 20.8 Å². The summed E-state index contributed by atoms with van der Waals surface area (Å²) in [6.07, 6.45) is 1.99. The van der Waals surface area contributed by atoms with Crippen molar-refractivity contribution in [1.29, 1.82) is 0 Å². The fourth-order valence-corrected chi connectivity index (χ4v) is 2.94. The lowest BCUT2D eigenvalue weighted by atomic mass is 9.94. The van der Waals surface area contributed by atoms with E-state index in [4.69, 9.17) is 4.42 Å². The van der Waals surface area contributed by atoms with Crippen LogP contribution in [0.3, 0.4) is 0 Å². The maximum Gasteiger partial charge on any atom is 0.171 e. The number of hydrogen-bond donors (Lipinski definition) is 0. The van der Waals surface area contributed by atoms with Crippen LogP contribution in [0.1, 0.15) is 32.6 Å². The summed E-state index contributed by atoms with van der Waals surface area (Å²) in [5.74, 6) is 0.106. The van der Waals surface area contributed by atoms with E-state index in [1.807, 2.05) is 24.3 Å². The van der Waals surface area contributed by atoms with Crippen LogP contribution >= 0.6 is 0 Å². The molecule has 0 saturated heterocycles. The van der Waals surface area contributed by atoms with E-state index >= 15 is 0 Å². The lowest BCUT2D eigenvalue weighted by Crippen LogP contribution is -2.06. The number of aryl methyl sites for hydroxylation is 3. The molecular formula is C19H18O2. The first-order valence-electron chi connectivity index (χ1n) is 7.12. The quantitative estimate of drug-likeness (QED) is 0.645. The summed E-state index contributed by atoms with van der Waals surface area (Å²) in [6.45, 7) is 6.21. The number of rotatable bonds is 3. The van der Waals surface area contributed by atoms with Crippen LogP contribution in [0.25, 0.3) is 11.0 Å². The van der Waals surface area contributed by atoms with Gasteiger partial charge in [0, 0.05) is 11.8 Å². The van der Waals surface area contributed by atoms with E-state index in [0.717, 1.165) is 16.5 Å². The summed E-state index contributed by atoms with van der Waals surface area (Å²) in [5, 5.41) is 0.893. The van der Waals surface area contributed by atoms with Gasteiger partial charge in [-0.2, -0.15) is 0 Å². The molecule has 1 heterocycles. The third-order valence-corrected chi connectivity index (χ3v) is 3.96. The standard InChI is InChI=1S/C19H18O2/c1-12-8-13(2)16(14(3)9-12)10-18(20)17-11-21-19-7-5-4-6-15(17)19/h4-9,11H,10H2,1-3H3. The number of para-hydroxylation sites is 1. The highest BCUT2D eigenvalue weighted by Crippen LogP contribution is 2.24. The highest BCUT2D eigenvalue weighted by atomic mass is 16.3. The van der Waals surface area contributed by atoms with Gasteiger partial charge in [0.15, 0.2) is 5.78 Å². The fraction of sp³-hybridized carbons (Fsp3) is 0.211. The van der Waals surface area contributed by atoms with E-state index < -0.39 is 0 Å². The smallest absolute Gasteiger partial charge is 0.171 e. The number of benzene rings is 2. The Morgan fingerprint density at radius 2 is 1.71 bits per heavy atom. The molecule has 0 aliphatic heterocycles. The van der Waals surface area contributed by atoms with Gasteiger partial charge in [-0.3, -0.25) is 4.79 Å². The van der Waals surface area contributed by atoms with E-state index in [0.29, 0.717) is 12.0 Å². The van der Waals surface area contributed by atoms with Gasteiger partial charge in [-0.05, 0) is 43.5 Å². The highest BCUT2D eigenvalue weighted by molar-refractivity contribution is 6.08. The number of carbonyl (C=O) groups is 1. The Bertz CT molecular complexity index is 801. The Labute approximate surface area is 124 Å². The zero-order valence-electron chi connectivity index (χ0n) is 12.6. The molecule has 0 saturated carbocycles. The van der Waals surface area contributed by atoms with Crippen molar-refractivity contribution in [2.45, 2.75) is 27.2 Å². The highest BCUT2D eigenvalue weighted by Gasteiger charge is 2.16. The fourth-order valence-electron chi connectivity index (χ4n) is 2.94. The van der Waals surface area contributed by atoms with Crippen LogP contribution in [-0.2, 0) is 6.42 Å². The van der Waals surface area contributed by atoms with E-state index in [9.17, 15) is 4.79 Å². The molecule has 21 heavy (non-hydrogen) atoms. The summed E-state index contributed by atoms with van der Waals surface area (Å²) in [7, 11) is 0. The first-order chi connectivity index (χ1) is 10.1. The maximum atomic E-state index is 12.6. The van der Waals surface area contributed by atoms with Crippen LogP contribution in [0.4, 0.5) is 0 Å².